The number of guanidine groups is 1. The first-order chi connectivity index (χ1) is 12.7. The van der Waals surface area contributed by atoms with E-state index in [1.807, 2.05) is 14.0 Å². The Labute approximate surface area is 156 Å². The van der Waals surface area contributed by atoms with E-state index in [1.54, 1.807) is 0 Å². The molecule has 4 rings (SSSR count). The predicted octanol–water partition coefficient (Wildman–Crippen LogP) is 2.18. The van der Waals surface area contributed by atoms with Gasteiger partial charge in [-0.15, -0.1) is 0 Å². The van der Waals surface area contributed by atoms with Crippen LogP contribution in [0.25, 0.3) is 0 Å². The quantitative estimate of drug-likeness (QED) is 0.473. The van der Waals surface area contributed by atoms with E-state index in [1.165, 1.54) is 25.7 Å². The molecule has 2 heterocycles. The third kappa shape index (κ3) is 2.90. The molecule has 0 aromatic carbocycles. The number of fused-ring (bicyclic) bond motifs is 2. The third-order valence-corrected chi connectivity index (χ3v) is 7.12. The zero-order chi connectivity index (χ0) is 18.1. The SMILES string of the molecule is CCOC(=O)[C@H]1CCCN(C(=NC)NC2C3CCOC3C23CCCC3)C1. The fourth-order valence-electron chi connectivity index (χ4n) is 5.96. The number of likely N-dealkylation sites (tertiary alicyclic amines) is 1. The maximum Gasteiger partial charge on any atom is 0.310 e. The van der Waals surface area contributed by atoms with E-state index in [0.29, 0.717) is 36.6 Å². The van der Waals surface area contributed by atoms with Crippen molar-refractivity contribution in [2.75, 3.05) is 33.4 Å². The molecular formula is C20H33N3O3. The largest absolute Gasteiger partial charge is 0.466 e. The normalized spacial score (nSPS) is 35.9. The Kier molecular flexibility index (Phi) is 5.13. The second-order valence-corrected chi connectivity index (χ2v) is 8.39. The van der Waals surface area contributed by atoms with Gasteiger partial charge in [0.2, 0.25) is 0 Å². The van der Waals surface area contributed by atoms with E-state index < -0.39 is 0 Å². The number of aliphatic imine (C=N–C) groups is 1. The molecule has 4 fully saturated rings. The molecule has 0 aromatic heterocycles. The molecule has 3 unspecified atom stereocenters. The van der Waals surface area contributed by atoms with Crippen LogP contribution in [0.1, 0.15) is 51.9 Å². The average Bonchev–Trinajstić information content (AvgIpc) is 3.31. The van der Waals surface area contributed by atoms with Crippen LogP contribution in [-0.4, -0.2) is 62.3 Å². The van der Waals surface area contributed by atoms with E-state index in [2.05, 4.69) is 15.2 Å². The molecular weight excluding hydrogens is 330 g/mol. The van der Waals surface area contributed by atoms with Gasteiger partial charge in [-0.25, -0.2) is 0 Å². The summed E-state index contributed by atoms with van der Waals surface area (Å²) in [5.41, 5.74) is 0.313. The van der Waals surface area contributed by atoms with Gasteiger partial charge in [-0.2, -0.15) is 0 Å². The molecule has 2 saturated heterocycles. The first-order valence-electron chi connectivity index (χ1n) is 10.5. The number of hydrogen-bond acceptors (Lipinski definition) is 4. The maximum atomic E-state index is 12.2. The number of carbonyl (C=O) groups is 1. The van der Waals surface area contributed by atoms with Crippen LogP contribution in [0.4, 0.5) is 0 Å². The Morgan fingerprint density at radius 2 is 2.12 bits per heavy atom. The van der Waals surface area contributed by atoms with Gasteiger partial charge in [0.25, 0.3) is 0 Å². The number of ether oxygens (including phenoxy) is 2. The van der Waals surface area contributed by atoms with Crippen molar-refractivity contribution in [3.05, 3.63) is 0 Å². The summed E-state index contributed by atoms with van der Waals surface area (Å²) in [5.74, 6) is 1.48. The Morgan fingerprint density at radius 1 is 1.31 bits per heavy atom. The lowest BCUT2D eigenvalue weighted by molar-refractivity contribution is -0.149. The van der Waals surface area contributed by atoms with Crippen LogP contribution in [0.3, 0.4) is 0 Å². The molecule has 0 radical (unpaired) electrons. The average molecular weight is 364 g/mol. The highest BCUT2D eigenvalue weighted by Crippen LogP contribution is 2.60. The molecule has 1 spiro atoms. The number of esters is 1. The van der Waals surface area contributed by atoms with Crippen LogP contribution in [0, 0.1) is 17.3 Å². The lowest BCUT2D eigenvalue weighted by Crippen LogP contribution is -2.69. The van der Waals surface area contributed by atoms with Gasteiger partial charge in [-0.05, 0) is 39.0 Å². The zero-order valence-corrected chi connectivity index (χ0v) is 16.2. The van der Waals surface area contributed by atoms with Crippen LogP contribution in [0.5, 0.6) is 0 Å². The molecule has 2 saturated carbocycles. The summed E-state index contributed by atoms with van der Waals surface area (Å²) >= 11 is 0. The molecule has 1 N–H and O–H groups in total. The van der Waals surface area contributed by atoms with Crippen molar-refractivity contribution in [2.45, 2.75) is 64.0 Å². The third-order valence-electron chi connectivity index (χ3n) is 7.12. The molecule has 4 atom stereocenters. The van der Waals surface area contributed by atoms with Gasteiger partial charge in [0.05, 0.1) is 18.6 Å². The smallest absolute Gasteiger partial charge is 0.310 e. The van der Waals surface area contributed by atoms with Gasteiger partial charge in [-0.3, -0.25) is 9.79 Å². The lowest BCUT2D eigenvalue weighted by atomic mass is 9.54. The van der Waals surface area contributed by atoms with Gasteiger partial charge < -0.3 is 19.7 Å². The summed E-state index contributed by atoms with van der Waals surface area (Å²) in [6, 6.07) is 0.471. The molecule has 6 nitrogen and oxygen atoms in total. The van der Waals surface area contributed by atoms with Crippen LogP contribution >= 0.6 is 0 Å². The highest BCUT2D eigenvalue weighted by atomic mass is 16.5. The standard InChI is InChI=1S/C20H33N3O3/c1-3-25-18(24)14-7-6-11-23(13-14)19(21-2)22-16-15-8-12-26-17(15)20(16)9-4-5-10-20/h14-17H,3-13H2,1-2H3,(H,21,22)/t14-,15?,16?,17?/m0/s1. The van der Waals surface area contributed by atoms with Gasteiger partial charge in [-0.1, -0.05) is 12.8 Å². The minimum absolute atomic E-state index is 0.0355. The second-order valence-electron chi connectivity index (χ2n) is 8.39. The number of piperidine rings is 1. The summed E-state index contributed by atoms with van der Waals surface area (Å²) in [6.07, 6.45) is 8.72. The molecule has 26 heavy (non-hydrogen) atoms. The number of rotatable bonds is 3. The zero-order valence-electron chi connectivity index (χ0n) is 16.2. The minimum Gasteiger partial charge on any atom is -0.466 e. The van der Waals surface area contributed by atoms with Crippen molar-refractivity contribution in [2.24, 2.45) is 22.2 Å². The maximum absolute atomic E-state index is 12.2. The highest BCUT2D eigenvalue weighted by molar-refractivity contribution is 5.82. The van der Waals surface area contributed by atoms with Crippen molar-refractivity contribution >= 4 is 11.9 Å². The molecule has 4 aliphatic rings. The Balaban J connectivity index is 1.43. The van der Waals surface area contributed by atoms with E-state index >= 15 is 0 Å². The monoisotopic (exact) mass is 363 g/mol. The summed E-state index contributed by atoms with van der Waals surface area (Å²) in [7, 11) is 1.86. The second kappa shape index (κ2) is 7.37. The first-order valence-corrected chi connectivity index (χ1v) is 10.5. The first kappa shape index (κ1) is 18.1. The van der Waals surface area contributed by atoms with E-state index in [4.69, 9.17) is 9.47 Å². The molecule has 2 aliphatic carbocycles. The van der Waals surface area contributed by atoms with Crippen molar-refractivity contribution in [1.29, 1.82) is 0 Å². The van der Waals surface area contributed by atoms with Crippen molar-refractivity contribution in [3.8, 4) is 0 Å². The van der Waals surface area contributed by atoms with Gasteiger partial charge >= 0.3 is 5.97 Å². The predicted molar refractivity (Wildman–Crippen MR) is 100.0 cm³/mol. The van der Waals surface area contributed by atoms with Crippen molar-refractivity contribution < 1.29 is 14.3 Å². The number of nitrogens with one attached hydrogen (secondary N) is 1. The van der Waals surface area contributed by atoms with Gasteiger partial charge in [0.1, 0.15) is 0 Å². The van der Waals surface area contributed by atoms with E-state index in [-0.39, 0.29) is 11.9 Å². The number of hydrogen-bond donors (Lipinski definition) is 1. The molecule has 0 bridgehead atoms. The van der Waals surface area contributed by atoms with Crippen LogP contribution in [0.15, 0.2) is 4.99 Å². The fraction of sp³-hybridized carbons (Fsp3) is 0.900. The Hall–Kier alpha value is -1.30. The topological polar surface area (TPSA) is 63.2 Å². The highest BCUT2D eigenvalue weighted by Gasteiger charge is 2.65. The Morgan fingerprint density at radius 3 is 2.85 bits per heavy atom. The summed E-state index contributed by atoms with van der Waals surface area (Å²) in [5, 5.41) is 3.81. The molecule has 0 amide bonds. The van der Waals surface area contributed by atoms with Crippen LogP contribution < -0.4 is 5.32 Å². The summed E-state index contributed by atoms with van der Waals surface area (Å²) in [4.78, 5) is 19.0. The van der Waals surface area contributed by atoms with Crippen LogP contribution in [0.2, 0.25) is 0 Å². The van der Waals surface area contributed by atoms with Gasteiger partial charge in [0.15, 0.2) is 5.96 Å². The van der Waals surface area contributed by atoms with Crippen LogP contribution in [-0.2, 0) is 14.3 Å². The van der Waals surface area contributed by atoms with Crippen molar-refractivity contribution in [1.82, 2.24) is 10.2 Å². The van der Waals surface area contributed by atoms with E-state index in [0.717, 1.165) is 38.4 Å². The Bertz CT molecular complexity index is 559. The summed E-state index contributed by atoms with van der Waals surface area (Å²) < 4.78 is 11.3. The summed E-state index contributed by atoms with van der Waals surface area (Å²) in [6.45, 7) is 4.90. The molecule has 0 aromatic rings. The molecule has 6 heteroatoms. The van der Waals surface area contributed by atoms with Crippen molar-refractivity contribution in [3.63, 3.8) is 0 Å². The lowest BCUT2D eigenvalue weighted by Gasteiger charge is -2.57. The number of nitrogens with zero attached hydrogens (tertiary/aromatic N) is 2. The molecule has 2 aliphatic heterocycles. The molecule has 146 valence electrons. The van der Waals surface area contributed by atoms with E-state index in [9.17, 15) is 4.79 Å². The van der Waals surface area contributed by atoms with Gasteiger partial charge in [0, 0.05) is 44.1 Å². The number of carbonyl (C=O) groups excluding carboxylic acids is 1. The fourth-order valence-corrected chi connectivity index (χ4v) is 5.96. The minimum atomic E-state index is -0.0622.